The first-order valence-electron chi connectivity index (χ1n) is 14.1. The highest BCUT2D eigenvalue weighted by Crippen LogP contribution is 2.31. The van der Waals surface area contributed by atoms with E-state index in [2.05, 4.69) is 16.7 Å². The number of urea groups is 1. The number of sulfonamides is 1. The molecule has 1 heterocycles. The number of amides is 3. The first kappa shape index (κ1) is 29.4. The van der Waals surface area contributed by atoms with E-state index in [1.54, 1.807) is 36.4 Å². The summed E-state index contributed by atoms with van der Waals surface area (Å²) in [4.78, 5) is 28.7. The normalized spacial score (nSPS) is 19.0. The van der Waals surface area contributed by atoms with Crippen LogP contribution in [0.2, 0.25) is 0 Å². The lowest BCUT2D eigenvalue weighted by atomic mass is 9.87. The molecule has 2 aliphatic rings. The molecule has 0 bridgehead atoms. The molecule has 3 aromatic carbocycles. The lowest BCUT2D eigenvalue weighted by Crippen LogP contribution is -2.62. The first-order chi connectivity index (χ1) is 20.3. The Morgan fingerprint density at radius 2 is 1.67 bits per heavy atom. The minimum Gasteiger partial charge on any atom is -0.497 e. The molecule has 222 valence electrons. The molecular weight excluding hydrogens is 556 g/mol. The van der Waals surface area contributed by atoms with E-state index in [1.807, 2.05) is 25.1 Å². The van der Waals surface area contributed by atoms with Gasteiger partial charge in [-0.2, -0.15) is 4.31 Å². The number of nitrogens with one attached hydrogen (secondary N) is 2. The Balaban J connectivity index is 1.38. The molecule has 2 atom stereocenters. The standard InChI is InChI=1S/C31H36N4O6S/c1-3-41-25-13-11-23(12-14-25)32-31(37)34-19-20-35(42(38,39)26-17-15-24(40-2)16-18-26)29(21-34)30(36)33-28-10-6-8-22-7-4-5-9-27(22)28/h4-5,7,9,11-18,28-29H,3,6,8,10,19-21H2,1-2H3,(H,32,37)(H,33,36). The third kappa shape index (κ3) is 6.37. The fraction of sp³-hybridized carbons (Fsp3) is 0.355. The molecule has 1 fully saturated rings. The predicted octanol–water partition coefficient (Wildman–Crippen LogP) is 4.19. The maximum atomic E-state index is 13.9. The van der Waals surface area contributed by atoms with Crippen LogP contribution in [0.5, 0.6) is 11.5 Å². The smallest absolute Gasteiger partial charge is 0.321 e. The molecule has 0 aromatic heterocycles. The Kier molecular flexibility index (Phi) is 8.98. The highest BCUT2D eigenvalue weighted by Gasteiger charge is 2.42. The van der Waals surface area contributed by atoms with Gasteiger partial charge in [0.1, 0.15) is 17.5 Å². The van der Waals surface area contributed by atoms with Crippen molar-refractivity contribution in [3.63, 3.8) is 0 Å². The molecule has 1 aliphatic heterocycles. The summed E-state index contributed by atoms with van der Waals surface area (Å²) in [5.74, 6) is 0.774. The van der Waals surface area contributed by atoms with Gasteiger partial charge in [-0.1, -0.05) is 24.3 Å². The molecule has 1 aliphatic carbocycles. The van der Waals surface area contributed by atoms with Gasteiger partial charge in [0.25, 0.3) is 0 Å². The number of benzene rings is 3. The Morgan fingerprint density at radius 3 is 2.38 bits per heavy atom. The van der Waals surface area contributed by atoms with Gasteiger partial charge in [-0.05, 0) is 85.8 Å². The molecule has 1 saturated heterocycles. The zero-order valence-corrected chi connectivity index (χ0v) is 24.6. The van der Waals surface area contributed by atoms with Crippen molar-refractivity contribution >= 4 is 27.6 Å². The van der Waals surface area contributed by atoms with Crippen LogP contribution in [-0.4, -0.2) is 69.0 Å². The van der Waals surface area contributed by atoms with Crippen LogP contribution in [-0.2, 0) is 21.2 Å². The van der Waals surface area contributed by atoms with Crippen LogP contribution in [0.15, 0.2) is 77.7 Å². The summed E-state index contributed by atoms with van der Waals surface area (Å²) in [6.45, 7) is 2.41. The number of nitrogens with zero attached hydrogens (tertiary/aromatic N) is 2. The van der Waals surface area contributed by atoms with Crippen LogP contribution >= 0.6 is 0 Å². The number of aryl methyl sites for hydroxylation is 1. The summed E-state index contributed by atoms with van der Waals surface area (Å²) >= 11 is 0. The van der Waals surface area contributed by atoms with Crippen molar-refractivity contribution in [2.24, 2.45) is 0 Å². The summed E-state index contributed by atoms with van der Waals surface area (Å²) < 4.78 is 39.5. The molecule has 2 N–H and O–H groups in total. The Morgan fingerprint density at radius 1 is 0.952 bits per heavy atom. The Hall–Kier alpha value is -4.09. The van der Waals surface area contributed by atoms with E-state index in [0.717, 1.165) is 24.8 Å². The number of carbonyl (C=O) groups excluding carboxylic acids is 2. The number of hydrogen-bond acceptors (Lipinski definition) is 6. The van der Waals surface area contributed by atoms with Crippen LogP contribution in [0.4, 0.5) is 10.5 Å². The molecule has 0 spiro atoms. The van der Waals surface area contributed by atoms with E-state index < -0.39 is 28.0 Å². The summed E-state index contributed by atoms with van der Waals surface area (Å²) in [6.07, 6.45) is 2.60. The van der Waals surface area contributed by atoms with E-state index in [1.165, 1.54) is 34.0 Å². The summed E-state index contributed by atoms with van der Waals surface area (Å²) in [6, 6.07) is 19.3. The number of hydrogen-bond donors (Lipinski definition) is 2. The van der Waals surface area contributed by atoms with Gasteiger partial charge in [-0.3, -0.25) is 4.79 Å². The number of ether oxygens (including phenoxy) is 2. The lowest BCUT2D eigenvalue weighted by molar-refractivity contribution is -0.127. The maximum Gasteiger partial charge on any atom is 0.321 e. The van der Waals surface area contributed by atoms with Crippen molar-refractivity contribution in [1.82, 2.24) is 14.5 Å². The lowest BCUT2D eigenvalue weighted by Gasteiger charge is -2.40. The molecule has 5 rings (SSSR count). The number of anilines is 1. The number of methoxy groups -OCH3 is 1. The SMILES string of the molecule is CCOc1ccc(NC(=O)N2CCN(S(=O)(=O)c3ccc(OC)cc3)C(C(=O)NC3CCCc4ccccc43)C2)cc1. The summed E-state index contributed by atoms with van der Waals surface area (Å²) in [5, 5.41) is 5.96. The first-order valence-corrected chi connectivity index (χ1v) is 15.6. The fourth-order valence-corrected chi connectivity index (χ4v) is 7.08. The molecule has 10 nitrogen and oxygen atoms in total. The molecule has 3 amide bonds. The molecular formula is C31H36N4O6S. The van der Waals surface area contributed by atoms with Crippen LogP contribution in [0.25, 0.3) is 0 Å². The number of carbonyl (C=O) groups is 2. The van der Waals surface area contributed by atoms with Gasteiger partial charge in [0, 0.05) is 25.3 Å². The fourth-order valence-electron chi connectivity index (χ4n) is 5.51. The topological polar surface area (TPSA) is 117 Å². The van der Waals surface area contributed by atoms with Gasteiger partial charge in [0.15, 0.2) is 0 Å². The van der Waals surface area contributed by atoms with Crippen molar-refractivity contribution in [2.75, 3.05) is 38.7 Å². The molecule has 3 aromatic rings. The maximum absolute atomic E-state index is 13.9. The van der Waals surface area contributed by atoms with Crippen molar-refractivity contribution in [2.45, 2.75) is 43.2 Å². The van der Waals surface area contributed by atoms with Crippen LogP contribution in [0, 0.1) is 0 Å². The second-order valence-electron chi connectivity index (χ2n) is 10.3. The van der Waals surface area contributed by atoms with Crippen LogP contribution in [0.1, 0.15) is 36.9 Å². The second kappa shape index (κ2) is 12.8. The highest BCUT2D eigenvalue weighted by atomic mass is 32.2. The van der Waals surface area contributed by atoms with E-state index >= 15 is 0 Å². The Bertz CT molecular complexity index is 1510. The van der Waals surface area contributed by atoms with Gasteiger partial charge in [0.05, 0.1) is 24.7 Å². The van der Waals surface area contributed by atoms with Gasteiger partial charge in [0.2, 0.25) is 15.9 Å². The van der Waals surface area contributed by atoms with E-state index in [9.17, 15) is 18.0 Å². The minimum atomic E-state index is -4.06. The van der Waals surface area contributed by atoms with Crippen LogP contribution < -0.4 is 20.1 Å². The molecule has 42 heavy (non-hydrogen) atoms. The van der Waals surface area contributed by atoms with Gasteiger partial charge in [-0.15, -0.1) is 0 Å². The summed E-state index contributed by atoms with van der Waals surface area (Å²) in [7, 11) is -2.55. The molecule has 11 heteroatoms. The highest BCUT2D eigenvalue weighted by molar-refractivity contribution is 7.89. The molecule has 0 radical (unpaired) electrons. The average molecular weight is 593 g/mol. The number of piperazine rings is 1. The van der Waals surface area contributed by atoms with E-state index in [0.29, 0.717) is 23.8 Å². The summed E-state index contributed by atoms with van der Waals surface area (Å²) in [5.41, 5.74) is 2.79. The zero-order chi connectivity index (χ0) is 29.7. The molecule has 2 unspecified atom stereocenters. The van der Waals surface area contributed by atoms with E-state index in [4.69, 9.17) is 9.47 Å². The third-order valence-corrected chi connectivity index (χ3v) is 9.61. The Labute approximate surface area is 246 Å². The average Bonchev–Trinajstić information content (AvgIpc) is 3.02. The monoisotopic (exact) mass is 592 g/mol. The van der Waals surface area contributed by atoms with Gasteiger partial charge < -0.3 is 25.0 Å². The zero-order valence-electron chi connectivity index (χ0n) is 23.8. The third-order valence-electron chi connectivity index (χ3n) is 7.69. The van der Waals surface area contributed by atoms with Gasteiger partial charge in [-0.25, -0.2) is 13.2 Å². The largest absolute Gasteiger partial charge is 0.497 e. The van der Waals surface area contributed by atoms with Crippen molar-refractivity contribution < 1.29 is 27.5 Å². The minimum absolute atomic E-state index is 0.0373. The predicted molar refractivity (Wildman–Crippen MR) is 159 cm³/mol. The van der Waals surface area contributed by atoms with Gasteiger partial charge >= 0.3 is 6.03 Å². The second-order valence-corrected chi connectivity index (χ2v) is 12.2. The number of fused-ring (bicyclic) bond motifs is 1. The number of rotatable bonds is 8. The van der Waals surface area contributed by atoms with Crippen molar-refractivity contribution in [3.05, 3.63) is 83.9 Å². The molecule has 0 saturated carbocycles. The van der Waals surface area contributed by atoms with Crippen LogP contribution in [0.3, 0.4) is 0 Å². The van der Waals surface area contributed by atoms with Crippen molar-refractivity contribution in [3.8, 4) is 11.5 Å². The van der Waals surface area contributed by atoms with Crippen molar-refractivity contribution in [1.29, 1.82) is 0 Å². The van der Waals surface area contributed by atoms with E-state index in [-0.39, 0.29) is 30.6 Å². The quantitative estimate of drug-likeness (QED) is 0.405.